The summed E-state index contributed by atoms with van der Waals surface area (Å²) in [5.41, 5.74) is 1.06. The second-order valence-electron chi connectivity index (χ2n) is 3.53. The molecular weight excluding hydrogens is 200 g/mol. The number of hydrogen-bond donors (Lipinski definition) is 0. The van der Waals surface area contributed by atoms with Crippen molar-refractivity contribution in [1.82, 2.24) is 0 Å². The molecule has 74 valence electrons. The quantitative estimate of drug-likeness (QED) is 0.554. The highest BCUT2D eigenvalue weighted by atomic mass is 35.5. The van der Waals surface area contributed by atoms with Gasteiger partial charge < -0.3 is 4.74 Å². The lowest BCUT2D eigenvalue weighted by molar-refractivity contribution is -0.131. The molecule has 0 spiro atoms. The molecule has 0 aromatic heterocycles. The van der Waals surface area contributed by atoms with Crippen LogP contribution in [-0.4, -0.2) is 5.97 Å². The normalized spacial score (nSPS) is 15.3. The van der Waals surface area contributed by atoms with Crippen LogP contribution in [0.4, 0.5) is 0 Å². The Morgan fingerprint density at radius 1 is 1.50 bits per heavy atom. The molecule has 0 aliphatic heterocycles. The van der Waals surface area contributed by atoms with Crippen LogP contribution in [0, 0.1) is 0 Å². The van der Waals surface area contributed by atoms with Gasteiger partial charge in [0.2, 0.25) is 0 Å². The zero-order chi connectivity index (χ0) is 10.1. The van der Waals surface area contributed by atoms with Crippen molar-refractivity contribution in [2.75, 3.05) is 0 Å². The average Bonchev–Trinajstić information content (AvgIpc) is 2.90. The van der Waals surface area contributed by atoms with Gasteiger partial charge in [-0.2, -0.15) is 0 Å². The molecule has 0 atom stereocenters. The number of ether oxygens (including phenoxy) is 1. The smallest absolute Gasteiger partial charge is 0.308 e. The van der Waals surface area contributed by atoms with Crippen molar-refractivity contribution >= 4 is 17.6 Å². The molecule has 2 nitrogen and oxygen atoms in total. The summed E-state index contributed by atoms with van der Waals surface area (Å²) in [4.78, 5) is 10.9. The summed E-state index contributed by atoms with van der Waals surface area (Å²) in [6, 6.07) is 5.61. The minimum atomic E-state index is -0.319. The first kappa shape index (κ1) is 9.53. The van der Waals surface area contributed by atoms with Crippen LogP contribution in [0.25, 0.3) is 0 Å². The minimum absolute atomic E-state index is 0.319. The van der Waals surface area contributed by atoms with Crippen molar-refractivity contribution in [3.63, 3.8) is 0 Å². The Morgan fingerprint density at radius 2 is 2.21 bits per heavy atom. The van der Waals surface area contributed by atoms with Crippen LogP contribution in [0.2, 0.25) is 5.02 Å². The molecule has 0 radical (unpaired) electrons. The van der Waals surface area contributed by atoms with Gasteiger partial charge in [0.05, 0.1) is 5.02 Å². The summed E-state index contributed by atoms with van der Waals surface area (Å²) in [6.45, 7) is 1.39. The standard InChI is InChI=1S/C11H11ClO2/c1-7(13)14-11-9(8-5-6-8)3-2-4-10(11)12/h2-4,8H,5-6H2,1H3. The number of carbonyl (C=O) groups excluding carboxylic acids is 1. The van der Waals surface area contributed by atoms with E-state index in [0.717, 1.165) is 18.4 Å². The Labute approximate surface area is 87.8 Å². The molecule has 1 aromatic rings. The molecule has 1 saturated carbocycles. The van der Waals surface area contributed by atoms with E-state index in [2.05, 4.69) is 0 Å². The molecule has 0 unspecified atom stereocenters. The number of carbonyl (C=O) groups is 1. The van der Waals surface area contributed by atoms with Gasteiger partial charge in [0.25, 0.3) is 0 Å². The van der Waals surface area contributed by atoms with Gasteiger partial charge in [0.1, 0.15) is 0 Å². The summed E-state index contributed by atoms with van der Waals surface area (Å²) >= 11 is 5.97. The van der Waals surface area contributed by atoms with Crippen LogP contribution in [0.15, 0.2) is 18.2 Å². The first-order valence-corrected chi connectivity index (χ1v) is 5.03. The van der Waals surface area contributed by atoms with Crippen LogP contribution < -0.4 is 4.74 Å². The van der Waals surface area contributed by atoms with Gasteiger partial charge in [-0.05, 0) is 30.4 Å². The van der Waals surface area contributed by atoms with E-state index in [1.807, 2.05) is 12.1 Å². The van der Waals surface area contributed by atoms with Gasteiger partial charge >= 0.3 is 5.97 Å². The average molecular weight is 211 g/mol. The Bertz CT molecular complexity index is 370. The van der Waals surface area contributed by atoms with Crippen LogP contribution in [-0.2, 0) is 4.79 Å². The van der Waals surface area contributed by atoms with E-state index in [4.69, 9.17) is 16.3 Å². The van der Waals surface area contributed by atoms with Crippen molar-refractivity contribution in [1.29, 1.82) is 0 Å². The number of rotatable bonds is 2. The summed E-state index contributed by atoms with van der Waals surface area (Å²) < 4.78 is 5.11. The molecule has 0 saturated heterocycles. The summed E-state index contributed by atoms with van der Waals surface area (Å²) in [7, 11) is 0. The first-order valence-electron chi connectivity index (χ1n) is 4.65. The van der Waals surface area contributed by atoms with E-state index in [9.17, 15) is 4.79 Å². The zero-order valence-corrected chi connectivity index (χ0v) is 8.67. The largest absolute Gasteiger partial charge is 0.425 e. The second kappa shape index (κ2) is 3.62. The van der Waals surface area contributed by atoms with Gasteiger partial charge in [-0.3, -0.25) is 4.79 Å². The van der Waals surface area contributed by atoms with Gasteiger partial charge in [-0.1, -0.05) is 23.7 Å². The van der Waals surface area contributed by atoms with E-state index in [0.29, 0.717) is 16.7 Å². The number of halogens is 1. The lowest BCUT2D eigenvalue weighted by atomic mass is 10.1. The number of para-hydroxylation sites is 1. The molecule has 1 aliphatic carbocycles. The Hall–Kier alpha value is -1.02. The lowest BCUT2D eigenvalue weighted by Crippen LogP contribution is -2.04. The molecule has 1 aromatic carbocycles. The van der Waals surface area contributed by atoms with Crippen LogP contribution in [0.5, 0.6) is 5.75 Å². The van der Waals surface area contributed by atoms with E-state index in [-0.39, 0.29) is 5.97 Å². The summed E-state index contributed by atoms with van der Waals surface area (Å²) in [5.74, 6) is 0.757. The zero-order valence-electron chi connectivity index (χ0n) is 7.92. The molecule has 3 heteroatoms. The lowest BCUT2D eigenvalue weighted by Gasteiger charge is -2.09. The predicted octanol–water partition coefficient (Wildman–Crippen LogP) is 3.14. The molecule has 14 heavy (non-hydrogen) atoms. The maximum Gasteiger partial charge on any atom is 0.308 e. The number of esters is 1. The Morgan fingerprint density at radius 3 is 2.79 bits per heavy atom. The molecule has 1 aliphatic rings. The molecule has 2 rings (SSSR count). The van der Waals surface area contributed by atoms with Crippen molar-refractivity contribution < 1.29 is 9.53 Å². The van der Waals surface area contributed by atoms with E-state index in [1.165, 1.54) is 6.92 Å². The first-order chi connectivity index (χ1) is 6.68. The third-order valence-corrected chi connectivity index (χ3v) is 2.56. The SMILES string of the molecule is CC(=O)Oc1c(Cl)cccc1C1CC1. The predicted molar refractivity (Wildman–Crippen MR) is 54.7 cm³/mol. The second-order valence-corrected chi connectivity index (χ2v) is 3.93. The maximum absolute atomic E-state index is 10.9. The van der Waals surface area contributed by atoms with Crippen LogP contribution in [0.1, 0.15) is 31.2 Å². The highest BCUT2D eigenvalue weighted by Crippen LogP contribution is 2.46. The molecular formula is C11H11ClO2. The van der Waals surface area contributed by atoms with Crippen molar-refractivity contribution in [2.45, 2.75) is 25.7 Å². The van der Waals surface area contributed by atoms with Crippen molar-refractivity contribution in [3.8, 4) is 5.75 Å². The van der Waals surface area contributed by atoms with Gasteiger partial charge in [0.15, 0.2) is 5.75 Å². The summed E-state index contributed by atoms with van der Waals surface area (Å²) in [6.07, 6.45) is 2.32. The molecule has 0 N–H and O–H groups in total. The van der Waals surface area contributed by atoms with E-state index in [1.54, 1.807) is 6.07 Å². The number of benzene rings is 1. The fourth-order valence-corrected chi connectivity index (χ4v) is 1.71. The van der Waals surface area contributed by atoms with Crippen LogP contribution >= 0.6 is 11.6 Å². The van der Waals surface area contributed by atoms with Gasteiger partial charge in [-0.15, -0.1) is 0 Å². The third kappa shape index (κ3) is 1.90. The van der Waals surface area contributed by atoms with E-state index >= 15 is 0 Å². The minimum Gasteiger partial charge on any atom is -0.425 e. The van der Waals surface area contributed by atoms with Crippen molar-refractivity contribution in [3.05, 3.63) is 28.8 Å². The van der Waals surface area contributed by atoms with E-state index < -0.39 is 0 Å². The highest BCUT2D eigenvalue weighted by Gasteiger charge is 2.28. The molecule has 0 bridgehead atoms. The topological polar surface area (TPSA) is 26.3 Å². The third-order valence-electron chi connectivity index (χ3n) is 2.26. The van der Waals surface area contributed by atoms with Crippen LogP contribution in [0.3, 0.4) is 0 Å². The monoisotopic (exact) mass is 210 g/mol. The molecule has 0 heterocycles. The summed E-state index contributed by atoms with van der Waals surface area (Å²) in [5, 5.41) is 0.518. The fourth-order valence-electron chi connectivity index (χ4n) is 1.49. The molecule has 1 fully saturated rings. The van der Waals surface area contributed by atoms with Crippen molar-refractivity contribution in [2.24, 2.45) is 0 Å². The Kier molecular flexibility index (Phi) is 2.46. The Balaban J connectivity index is 2.37. The number of hydrogen-bond acceptors (Lipinski definition) is 2. The fraction of sp³-hybridized carbons (Fsp3) is 0.364. The van der Waals surface area contributed by atoms with Gasteiger partial charge in [0, 0.05) is 6.92 Å². The highest BCUT2D eigenvalue weighted by molar-refractivity contribution is 6.32. The van der Waals surface area contributed by atoms with Gasteiger partial charge in [-0.25, -0.2) is 0 Å². The molecule has 0 amide bonds. The maximum atomic E-state index is 10.9.